The molecule has 1 heterocycles. The fraction of sp³-hybridized carbons (Fsp3) is 0.714. The number of rotatable bonds is 0. The highest BCUT2D eigenvalue weighted by molar-refractivity contribution is 5.69. The average Bonchev–Trinajstić information content (AvgIpc) is 1.97. The van der Waals surface area contributed by atoms with E-state index in [2.05, 4.69) is 10.8 Å². The molecule has 0 radical (unpaired) electrons. The number of nitriles is 1. The number of hydrogen-bond donors (Lipinski definition) is 0. The summed E-state index contributed by atoms with van der Waals surface area (Å²) in [5.41, 5.74) is -0.353. The van der Waals surface area contributed by atoms with Gasteiger partial charge in [-0.3, -0.25) is 0 Å². The molecule has 0 aliphatic carbocycles. The molecule has 0 aromatic rings. The van der Waals surface area contributed by atoms with E-state index in [1.807, 2.05) is 6.92 Å². The maximum Gasteiger partial charge on any atom is 0.409 e. The molecular formula is C7H10N2O2. The predicted molar refractivity (Wildman–Crippen MR) is 37.7 cm³/mol. The normalized spacial score (nSPS) is 19.9. The van der Waals surface area contributed by atoms with Gasteiger partial charge in [-0.15, -0.1) is 0 Å². The van der Waals surface area contributed by atoms with Crippen LogP contribution < -0.4 is 0 Å². The first kappa shape index (κ1) is 7.86. The van der Waals surface area contributed by atoms with Gasteiger partial charge in [-0.25, -0.2) is 4.79 Å². The molecule has 0 N–H and O–H groups in total. The van der Waals surface area contributed by atoms with E-state index >= 15 is 0 Å². The summed E-state index contributed by atoms with van der Waals surface area (Å²) in [6, 6.07) is 2.14. The van der Waals surface area contributed by atoms with E-state index in [-0.39, 0.29) is 11.5 Å². The summed E-state index contributed by atoms with van der Waals surface area (Å²) in [5.74, 6) is 0. The standard InChI is InChI=1S/C7H10N2O2/c1-7(3-8)4-9(5-7)6(10)11-2/h4-5H2,1-2H3. The quantitative estimate of drug-likeness (QED) is 0.513. The second-order valence-corrected chi connectivity index (χ2v) is 3.00. The second kappa shape index (κ2) is 2.42. The van der Waals surface area contributed by atoms with Crippen molar-refractivity contribution >= 4 is 6.09 Å². The lowest BCUT2D eigenvalue weighted by molar-refractivity contribution is 0.0453. The molecular weight excluding hydrogens is 144 g/mol. The number of likely N-dealkylation sites (tertiary alicyclic amines) is 1. The minimum Gasteiger partial charge on any atom is -0.453 e. The van der Waals surface area contributed by atoms with Crippen molar-refractivity contribution in [3.8, 4) is 6.07 Å². The molecule has 0 unspecified atom stereocenters. The van der Waals surface area contributed by atoms with E-state index in [0.717, 1.165) is 0 Å². The number of hydrogen-bond acceptors (Lipinski definition) is 3. The Morgan fingerprint density at radius 3 is 2.64 bits per heavy atom. The largest absolute Gasteiger partial charge is 0.453 e. The highest BCUT2D eigenvalue weighted by atomic mass is 16.5. The second-order valence-electron chi connectivity index (χ2n) is 3.00. The van der Waals surface area contributed by atoms with Crippen LogP contribution in [0.4, 0.5) is 4.79 Å². The van der Waals surface area contributed by atoms with Crippen LogP contribution in [0, 0.1) is 16.7 Å². The highest BCUT2D eigenvalue weighted by Gasteiger charge is 2.42. The van der Waals surface area contributed by atoms with Crippen molar-refractivity contribution in [2.45, 2.75) is 6.92 Å². The van der Waals surface area contributed by atoms with Gasteiger partial charge in [0.2, 0.25) is 0 Å². The zero-order valence-corrected chi connectivity index (χ0v) is 6.63. The topological polar surface area (TPSA) is 53.3 Å². The first-order chi connectivity index (χ1) is 5.11. The van der Waals surface area contributed by atoms with Crippen LogP contribution in [-0.4, -0.2) is 31.2 Å². The van der Waals surface area contributed by atoms with Gasteiger partial charge in [0.05, 0.1) is 18.6 Å². The average molecular weight is 154 g/mol. The smallest absolute Gasteiger partial charge is 0.409 e. The van der Waals surface area contributed by atoms with Crippen molar-refractivity contribution in [2.75, 3.05) is 20.2 Å². The third-order valence-corrected chi connectivity index (χ3v) is 1.78. The van der Waals surface area contributed by atoms with Crippen LogP contribution >= 0.6 is 0 Å². The van der Waals surface area contributed by atoms with Crippen molar-refractivity contribution in [1.82, 2.24) is 4.90 Å². The zero-order chi connectivity index (χ0) is 8.48. The molecule has 1 saturated heterocycles. The molecule has 1 fully saturated rings. The van der Waals surface area contributed by atoms with Gasteiger partial charge < -0.3 is 9.64 Å². The molecule has 60 valence electrons. The maximum atomic E-state index is 10.8. The van der Waals surface area contributed by atoms with Gasteiger partial charge in [-0.05, 0) is 6.92 Å². The third-order valence-electron chi connectivity index (χ3n) is 1.78. The lowest BCUT2D eigenvalue weighted by atomic mass is 9.84. The van der Waals surface area contributed by atoms with E-state index in [9.17, 15) is 4.79 Å². The molecule has 11 heavy (non-hydrogen) atoms. The Morgan fingerprint density at radius 1 is 1.73 bits per heavy atom. The Hall–Kier alpha value is -1.24. The summed E-state index contributed by atoms with van der Waals surface area (Å²) in [5, 5.41) is 8.59. The molecule has 1 amide bonds. The van der Waals surface area contributed by atoms with Crippen molar-refractivity contribution in [3.05, 3.63) is 0 Å². The van der Waals surface area contributed by atoms with E-state index < -0.39 is 0 Å². The summed E-state index contributed by atoms with van der Waals surface area (Å²) in [6.07, 6.45) is -0.349. The van der Waals surface area contributed by atoms with Crippen LogP contribution in [0.3, 0.4) is 0 Å². The van der Waals surface area contributed by atoms with Gasteiger partial charge in [0, 0.05) is 13.1 Å². The molecule has 4 nitrogen and oxygen atoms in total. The van der Waals surface area contributed by atoms with Gasteiger partial charge in [-0.2, -0.15) is 5.26 Å². The third kappa shape index (κ3) is 1.27. The Bertz CT molecular complexity index is 213. The van der Waals surface area contributed by atoms with E-state index in [1.165, 1.54) is 12.0 Å². The molecule has 1 aliphatic heterocycles. The minimum absolute atomic E-state index is 0.349. The zero-order valence-electron chi connectivity index (χ0n) is 6.63. The Morgan fingerprint density at radius 2 is 2.27 bits per heavy atom. The predicted octanol–water partition coefficient (Wildman–Crippen LogP) is 0.598. The van der Waals surface area contributed by atoms with Crippen molar-refractivity contribution in [2.24, 2.45) is 5.41 Å². The van der Waals surface area contributed by atoms with E-state index in [1.54, 1.807) is 0 Å². The first-order valence-corrected chi connectivity index (χ1v) is 3.35. The number of ether oxygens (including phenoxy) is 1. The molecule has 4 heteroatoms. The summed E-state index contributed by atoms with van der Waals surface area (Å²) in [6.45, 7) is 2.79. The van der Waals surface area contributed by atoms with Crippen LogP contribution in [0.15, 0.2) is 0 Å². The summed E-state index contributed by atoms with van der Waals surface area (Å²) in [7, 11) is 1.34. The lowest BCUT2D eigenvalue weighted by Crippen LogP contribution is -2.56. The fourth-order valence-corrected chi connectivity index (χ4v) is 1.13. The molecule has 1 aliphatic rings. The van der Waals surface area contributed by atoms with Crippen molar-refractivity contribution in [3.63, 3.8) is 0 Å². The number of carbonyl (C=O) groups excluding carboxylic acids is 1. The number of nitrogens with zero attached hydrogens (tertiary/aromatic N) is 2. The summed E-state index contributed by atoms with van der Waals surface area (Å²) < 4.78 is 4.47. The lowest BCUT2D eigenvalue weighted by Gasteiger charge is -2.41. The molecule has 0 atom stereocenters. The minimum atomic E-state index is -0.353. The Labute approximate surface area is 65.4 Å². The molecule has 0 aromatic heterocycles. The van der Waals surface area contributed by atoms with Gasteiger partial charge in [-0.1, -0.05) is 0 Å². The highest BCUT2D eigenvalue weighted by Crippen LogP contribution is 2.28. The van der Waals surface area contributed by atoms with Gasteiger partial charge in [0.1, 0.15) is 0 Å². The molecule has 1 rings (SSSR count). The number of carbonyl (C=O) groups is 1. The number of amides is 1. The molecule has 0 bridgehead atoms. The fourth-order valence-electron chi connectivity index (χ4n) is 1.13. The van der Waals surface area contributed by atoms with Crippen molar-refractivity contribution in [1.29, 1.82) is 5.26 Å². The molecule has 0 saturated carbocycles. The van der Waals surface area contributed by atoms with E-state index in [0.29, 0.717) is 13.1 Å². The Balaban J connectivity index is 2.42. The SMILES string of the molecule is COC(=O)N1CC(C)(C#N)C1. The van der Waals surface area contributed by atoms with Gasteiger partial charge in [0.25, 0.3) is 0 Å². The van der Waals surface area contributed by atoms with Crippen LogP contribution in [0.25, 0.3) is 0 Å². The first-order valence-electron chi connectivity index (χ1n) is 3.35. The summed E-state index contributed by atoms with van der Waals surface area (Å²) in [4.78, 5) is 12.3. The van der Waals surface area contributed by atoms with Crippen LogP contribution in [0.1, 0.15) is 6.92 Å². The molecule has 0 spiro atoms. The number of methoxy groups -OCH3 is 1. The van der Waals surface area contributed by atoms with Gasteiger partial charge >= 0.3 is 6.09 Å². The monoisotopic (exact) mass is 154 g/mol. The van der Waals surface area contributed by atoms with Crippen LogP contribution in [-0.2, 0) is 4.74 Å². The molecule has 0 aromatic carbocycles. The van der Waals surface area contributed by atoms with E-state index in [4.69, 9.17) is 5.26 Å². The van der Waals surface area contributed by atoms with Crippen LogP contribution in [0.2, 0.25) is 0 Å². The van der Waals surface area contributed by atoms with Crippen molar-refractivity contribution < 1.29 is 9.53 Å². The maximum absolute atomic E-state index is 10.8. The summed E-state index contributed by atoms with van der Waals surface area (Å²) >= 11 is 0. The Kier molecular flexibility index (Phi) is 1.73. The van der Waals surface area contributed by atoms with Gasteiger partial charge in [0.15, 0.2) is 0 Å². The van der Waals surface area contributed by atoms with Crippen LogP contribution in [0.5, 0.6) is 0 Å².